The van der Waals surface area contributed by atoms with Gasteiger partial charge < -0.3 is 0 Å². The Morgan fingerprint density at radius 1 is 1.11 bits per heavy atom. The molecule has 18 heavy (non-hydrogen) atoms. The number of nitrogens with one attached hydrogen (secondary N) is 1. The van der Waals surface area contributed by atoms with Gasteiger partial charge in [0.1, 0.15) is 5.69 Å². The molecule has 3 aromatic rings. The smallest absolute Gasteiger partial charge is 0.276 e. The molecule has 0 bridgehead atoms. The number of carbonyl (C=O) groups excluding carboxylic acids is 1. The summed E-state index contributed by atoms with van der Waals surface area (Å²) in [6.07, 6.45) is 3.35. The fourth-order valence-corrected chi connectivity index (χ4v) is 1.59. The average molecular weight is 239 g/mol. The SMILES string of the molecule is O=C(Nc1nnc2ccccn12)c1ccccn1. The van der Waals surface area contributed by atoms with Crippen LogP contribution in [0.5, 0.6) is 0 Å². The first-order valence-electron chi connectivity index (χ1n) is 5.37. The zero-order valence-corrected chi connectivity index (χ0v) is 9.32. The van der Waals surface area contributed by atoms with Crippen LogP contribution in [0.2, 0.25) is 0 Å². The van der Waals surface area contributed by atoms with Crippen molar-refractivity contribution < 1.29 is 4.79 Å². The van der Waals surface area contributed by atoms with Gasteiger partial charge in [-0.05, 0) is 24.3 Å². The molecule has 0 unspecified atom stereocenters. The Kier molecular flexibility index (Phi) is 2.45. The summed E-state index contributed by atoms with van der Waals surface area (Å²) in [5, 5.41) is 10.5. The molecule has 0 fully saturated rings. The normalized spacial score (nSPS) is 10.4. The fourth-order valence-electron chi connectivity index (χ4n) is 1.59. The number of hydrogen-bond donors (Lipinski definition) is 1. The van der Waals surface area contributed by atoms with Crippen molar-refractivity contribution >= 4 is 17.5 Å². The maximum Gasteiger partial charge on any atom is 0.276 e. The number of pyridine rings is 2. The van der Waals surface area contributed by atoms with Crippen molar-refractivity contribution in [2.45, 2.75) is 0 Å². The van der Waals surface area contributed by atoms with E-state index in [0.717, 1.165) is 0 Å². The predicted octanol–water partition coefficient (Wildman–Crippen LogP) is 1.38. The van der Waals surface area contributed by atoms with Crippen molar-refractivity contribution in [3.05, 3.63) is 54.5 Å². The molecule has 3 rings (SSSR count). The van der Waals surface area contributed by atoms with Crippen molar-refractivity contribution in [2.24, 2.45) is 0 Å². The molecule has 0 aliphatic heterocycles. The van der Waals surface area contributed by atoms with Gasteiger partial charge in [0.15, 0.2) is 5.65 Å². The quantitative estimate of drug-likeness (QED) is 0.733. The van der Waals surface area contributed by atoms with Crippen LogP contribution in [0.1, 0.15) is 10.5 Å². The van der Waals surface area contributed by atoms with Crippen LogP contribution in [0.3, 0.4) is 0 Å². The first kappa shape index (κ1) is 10.4. The topological polar surface area (TPSA) is 72.2 Å². The number of aromatic nitrogens is 4. The molecule has 3 aromatic heterocycles. The highest BCUT2D eigenvalue weighted by atomic mass is 16.2. The Morgan fingerprint density at radius 3 is 2.83 bits per heavy atom. The molecule has 6 heteroatoms. The fraction of sp³-hybridized carbons (Fsp3) is 0. The van der Waals surface area contributed by atoms with Crippen LogP contribution >= 0.6 is 0 Å². The standard InChI is InChI=1S/C12H9N5O/c18-11(9-5-1-3-7-13-9)14-12-16-15-10-6-2-4-8-17(10)12/h1-8H,(H,14,16,18). The van der Waals surface area contributed by atoms with Gasteiger partial charge in [0, 0.05) is 12.4 Å². The van der Waals surface area contributed by atoms with Crippen LogP contribution in [0.15, 0.2) is 48.8 Å². The van der Waals surface area contributed by atoms with Gasteiger partial charge in [-0.15, -0.1) is 10.2 Å². The van der Waals surface area contributed by atoms with Crippen LogP contribution in [0.4, 0.5) is 5.95 Å². The Bertz CT molecular complexity index is 692. The molecule has 0 atom stereocenters. The Labute approximate surface area is 102 Å². The van der Waals surface area contributed by atoms with E-state index in [2.05, 4.69) is 20.5 Å². The molecule has 0 aliphatic rings. The molecule has 88 valence electrons. The maximum absolute atomic E-state index is 11.9. The lowest BCUT2D eigenvalue weighted by Crippen LogP contribution is -2.15. The minimum Gasteiger partial charge on any atom is -0.289 e. The third-order valence-electron chi connectivity index (χ3n) is 2.44. The maximum atomic E-state index is 11.9. The number of fused-ring (bicyclic) bond motifs is 1. The first-order chi connectivity index (χ1) is 8.84. The number of anilines is 1. The third kappa shape index (κ3) is 1.80. The van der Waals surface area contributed by atoms with E-state index in [4.69, 9.17) is 0 Å². The molecule has 0 spiro atoms. The van der Waals surface area contributed by atoms with E-state index in [1.165, 1.54) is 0 Å². The summed E-state index contributed by atoms with van der Waals surface area (Å²) in [5.41, 5.74) is 1.01. The lowest BCUT2D eigenvalue weighted by atomic mass is 10.3. The van der Waals surface area contributed by atoms with Crippen LogP contribution < -0.4 is 5.32 Å². The molecule has 0 saturated heterocycles. The summed E-state index contributed by atoms with van der Waals surface area (Å²) in [5.74, 6) is 0.0648. The molecule has 1 amide bonds. The van der Waals surface area contributed by atoms with Gasteiger partial charge in [0.25, 0.3) is 5.91 Å². The molecule has 6 nitrogen and oxygen atoms in total. The van der Waals surface area contributed by atoms with Crippen LogP contribution in [0, 0.1) is 0 Å². The monoisotopic (exact) mass is 239 g/mol. The lowest BCUT2D eigenvalue weighted by molar-refractivity contribution is 0.102. The van der Waals surface area contributed by atoms with Gasteiger partial charge in [-0.1, -0.05) is 12.1 Å². The molecule has 0 aromatic carbocycles. The van der Waals surface area contributed by atoms with E-state index in [1.54, 1.807) is 35.0 Å². The van der Waals surface area contributed by atoms with Gasteiger partial charge in [0.05, 0.1) is 0 Å². The number of rotatable bonds is 2. The molecular weight excluding hydrogens is 230 g/mol. The molecule has 3 heterocycles. The second-order valence-electron chi connectivity index (χ2n) is 3.62. The van der Waals surface area contributed by atoms with E-state index in [1.807, 2.05) is 18.2 Å². The largest absolute Gasteiger partial charge is 0.289 e. The third-order valence-corrected chi connectivity index (χ3v) is 2.44. The summed E-state index contributed by atoms with van der Waals surface area (Å²) >= 11 is 0. The van der Waals surface area contributed by atoms with Crippen LogP contribution in [0.25, 0.3) is 5.65 Å². The van der Waals surface area contributed by atoms with Crippen molar-refractivity contribution in [3.8, 4) is 0 Å². The molecular formula is C12H9N5O. The summed E-state index contributed by atoms with van der Waals surface area (Å²) in [6.45, 7) is 0. The average Bonchev–Trinajstić information content (AvgIpc) is 2.83. The summed E-state index contributed by atoms with van der Waals surface area (Å²) < 4.78 is 1.70. The van der Waals surface area contributed by atoms with E-state index >= 15 is 0 Å². The van der Waals surface area contributed by atoms with Crippen molar-refractivity contribution in [1.82, 2.24) is 19.6 Å². The zero-order chi connectivity index (χ0) is 12.4. The van der Waals surface area contributed by atoms with Crippen molar-refractivity contribution in [3.63, 3.8) is 0 Å². The lowest BCUT2D eigenvalue weighted by Gasteiger charge is -2.01. The highest BCUT2D eigenvalue weighted by Crippen LogP contribution is 2.08. The highest BCUT2D eigenvalue weighted by molar-refractivity contribution is 6.01. The van der Waals surface area contributed by atoms with E-state index in [9.17, 15) is 4.79 Å². The van der Waals surface area contributed by atoms with Gasteiger partial charge in [-0.25, -0.2) is 0 Å². The van der Waals surface area contributed by atoms with Gasteiger partial charge >= 0.3 is 0 Å². The Morgan fingerprint density at radius 2 is 2.00 bits per heavy atom. The number of amides is 1. The highest BCUT2D eigenvalue weighted by Gasteiger charge is 2.11. The van der Waals surface area contributed by atoms with Gasteiger partial charge in [-0.3, -0.25) is 19.5 Å². The van der Waals surface area contributed by atoms with Crippen LogP contribution in [-0.4, -0.2) is 25.5 Å². The predicted molar refractivity (Wildman–Crippen MR) is 65.2 cm³/mol. The van der Waals surface area contributed by atoms with Crippen molar-refractivity contribution in [1.29, 1.82) is 0 Å². The second kappa shape index (κ2) is 4.25. The number of carbonyl (C=O) groups is 1. The summed E-state index contributed by atoms with van der Waals surface area (Å²) in [7, 11) is 0. The summed E-state index contributed by atoms with van der Waals surface area (Å²) in [6, 6.07) is 10.6. The van der Waals surface area contributed by atoms with E-state index in [0.29, 0.717) is 17.3 Å². The first-order valence-corrected chi connectivity index (χ1v) is 5.37. The molecule has 0 saturated carbocycles. The number of hydrogen-bond acceptors (Lipinski definition) is 4. The minimum atomic E-state index is -0.311. The van der Waals surface area contributed by atoms with Crippen LogP contribution in [-0.2, 0) is 0 Å². The van der Waals surface area contributed by atoms with E-state index in [-0.39, 0.29) is 5.91 Å². The Balaban J connectivity index is 1.91. The molecule has 1 N–H and O–H groups in total. The molecule has 0 radical (unpaired) electrons. The van der Waals surface area contributed by atoms with Crippen molar-refractivity contribution in [2.75, 3.05) is 5.32 Å². The van der Waals surface area contributed by atoms with Gasteiger partial charge in [0.2, 0.25) is 5.95 Å². The van der Waals surface area contributed by atoms with E-state index < -0.39 is 0 Å². The zero-order valence-electron chi connectivity index (χ0n) is 9.32. The Hall–Kier alpha value is -2.76. The second-order valence-corrected chi connectivity index (χ2v) is 3.62. The van der Waals surface area contributed by atoms with Gasteiger partial charge in [-0.2, -0.15) is 0 Å². The summed E-state index contributed by atoms with van der Waals surface area (Å²) in [4.78, 5) is 15.9. The number of nitrogens with zero attached hydrogens (tertiary/aromatic N) is 4. The minimum absolute atomic E-state index is 0.311. The molecule has 0 aliphatic carbocycles.